The van der Waals surface area contributed by atoms with Gasteiger partial charge in [-0.3, -0.25) is 25.0 Å². The summed E-state index contributed by atoms with van der Waals surface area (Å²) in [6, 6.07) is 6.46. The number of hydrogen-bond donors (Lipinski definition) is 4. The second-order valence-electron chi connectivity index (χ2n) is 8.44. The minimum Gasteiger partial charge on any atom is -0.481 e. The molecule has 1 fully saturated rings. The van der Waals surface area contributed by atoms with Crippen LogP contribution in [0, 0.1) is 11.8 Å². The van der Waals surface area contributed by atoms with Crippen LogP contribution in [-0.4, -0.2) is 53.4 Å². The van der Waals surface area contributed by atoms with Crippen molar-refractivity contribution in [2.45, 2.75) is 50.7 Å². The van der Waals surface area contributed by atoms with Crippen molar-refractivity contribution < 1.29 is 29.3 Å². The monoisotopic (exact) mass is 433 g/mol. The first-order chi connectivity index (χ1) is 14.8. The number of carbonyl (C=O) groups excluding carboxylic acids is 1. The number of carboxylic acids is 2. The summed E-state index contributed by atoms with van der Waals surface area (Å²) in [6.07, 6.45) is 4.73. The molecule has 9 heteroatoms. The van der Waals surface area contributed by atoms with Crippen LogP contribution in [0.25, 0.3) is 0 Å². The highest BCUT2D eigenvalue weighted by Crippen LogP contribution is 2.38. The number of nitrogens with two attached hydrogens (primary N) is 1. The molecule has 5 N–H and O–H groups in total. The van der Waals surface area contributed by atoms with Gasteiger partial charge < -0.3 is 20.3 Å². The van der Waals surface area contributed by atoms with Gasteiger partial charge in [-0.1, -0.05) is 31.4 Å². The maximum absolute atomic E-state index is 12.9. The van der Waals surface area contributed by atoms with Crippen molar-refractivity contribution in [1.82, 2.24) is 5.32 Å². The van der Waals surface area contributed by atoms with Crippen LogP contribution < -0.4 is 20.7 Å². The van der Waals surface area contributed by atoms with E-state index >= 15 is 0 Å². The van der Waals surface area contributed by atoms with Gasteiger partial charge >= 0.3 is 11.9 Å². The van der Waals surface area contributed by atoms with Crippen molar-refractivity contribution in [2.75, 3.05) is 24.5 Å². The van der Waals surface area contributed by atoms with Crippen LogP contribution >= 0.6 is 0 Å². The van der Waals surface area contributed by atoms with E-state index in [2.05, 4.69) is 5.32 Å². The average molecular weight is 434 g/mol. The molecule has 1 amide bonds. The quantitative estimate of drug-likeness (QED) is 0.432. The molecule has 2 aliphatic heterocycles. The summed E-state index contributed by atoms with van der Waals surface area (Å²) in [5.41, 5.74) is 4.93. The van der Waals surface area contributed by atoms with E-state index in [1.807, 2.05) is 0 Å². The van der Waals surface area contributed by atoms with Gasteiger partial charge in [0.1, 0.15) is 18.2 Å². The standard InChI is InChI=1S/C22H31N3O6/c23-22(16(21(29)30)6-2-1-5-15-9-11-24-12-10-15)13-19(26)25(14-20(27)28)17-7-3-4-8-18(17)31-22/h3-4,7-8,15-16,24H,1-2,5-6,9-14,23H2,(H,27,28)(H,29,30)/t16-,22+/m1/s1. The topological polar surface area (TPSA) is 142 Å². The van der Waals surface area contributed by atoms with E-state index in [0.717, 1.165) is 43.7 Å². The predicted octanol–water partition coefficient (Wildman–Crippen LogP) is 1.80. The van der Waals surface area contributed by atoms with Crippen molar-refractivity contribution in [1.29, 1.82) is 0 Å². The van der Waals surface area contributed by atoms with Crippen LogP contribution in [0.4, 0.5) is 5.69 Å². The molecule has 170 valence electrons. The lowest BCUT2D eigenvalue weighted by Gasteiger charge is -2.33. The van der Waals surface area contributed by atoms with Crippen LogP contribution in [0.3, 0.4) is 0 Å². The zero-order valence-corrected chi connectivity index (χ0v) is 17.6. The number of nitrogens with zero attached hydrogens (tertiary/aromatic N) is 1. The minimum absolute atomic E-state index is 0.207. The second kappa shape index (κ2) is 10.1. The Kier molecular flexibility index (Phi) is 7.50. The number of rotatable bonds is 9. The Morgan fingerprint density at radius 3 is 2.61 bits per heavy atom. The van der Waals surface area contributed by atoms with Gasteiger partial charge in [-0.15, -0.1) is 0 Å². The molecule has 3 rings (SSSR count). The van der Waals surface area contributed by atoms with E-state index < -0.39 is 42.5 Å². The Morgan fingerprint density at radius 1 is 1.23 bits per heavy atom. The number of hydrogen-bond acceptors (Lipinski definition) is 6. The summed E-state index contributed by atoms with van der Waals surface area (Å²) >= 11 is 0. The maximum atomic E-state index is 12.9. The molecule has 1 aromatic carbocycles. The van der Waals surface area contributed by atoms with Gasteiger partial charge in [-0.05, 0) is 50.4 Å². The zero-order valence-electron chi connectivity index (χ0n) is 17.6. The number of fused-ring (bicyclic) bond motifs is 1. The molecule has 2 heterocycles. The third-order valence-corrected chi connectivity index (χ3v) is 6.18. The first-order valence-corrected chi connectivity index (χ1v) is 10.8. The molecule has 0 aromatic heterocycles. The molecule has 0 unspecified atom stereocenters. The van der Waals surface area contributed by atoms with Crippen LogP contribution in [-0.2, 0) is 14.4 Å². The Morgan fingerprint density at radius 2 is 1.94 bits per heavy atom. The molecule has 0 saturated carbocycles. The van der Waals surface area contributed by atoms with Gasteiger partial charge in [-0.25, -0.2) is 0 Å². The number of benzene rings is 1. The van der Waals surface area contributed by atoms with Crippen molar-refractivity contribution in [2.24, 2.45) is 17.6 Å². The number of ether oxygens (including phenoxy) is 1. The summed E-state index contributed by atoms with van der Waals surface area (Å²) in [6.45, 7) is 1.50. The molecule has 2 aliphatic rings. The van der Waals surface area contributed by atoms with Crippen molar-refractivity contribution in [3.63, 3.8) is 0 Å². The molecule has 1 aromatic rings. The molecule has 31 heavy (non-hydrogen) atoms. The SMILES string of the molecule is N[C@@]1([C@H](CCCCC2CCNCC2)C(=O)O)CC(=O)N(CC(=O)O)c2ccccc2O1. The Balaban J connectivity index is 1.73. The van der Waals surface area contributed by atoms with E-state index in [9.17, 15) is 24.6 Å². The number of amides is 1. The molecular formula is C22H31N3O6. The number of carbonyl (C=O) groups is 3. The fourth-order valence-corrected chi connectivity index (χ4v) is 4.50. The summed E-state index contributed by atoms with van der Waals surface area (Å²) in [5.74, 6) is -3.11. The summed E-state index contributed by atoms with van der Waals surface area (Å²) in [7, 11) is 0. The van der Waals surface area contributed by atoms with Gasteiger partial charge in [0, 0.05) is 0 Å². The summed E-state index contributed by atoms with van der Waals surface area (Å²) < 4.78 is 5.93. The van der Waals surface area contributed by atoms with Gasteiger partial charge in [0.25, 0.3) is 0 Å². The average Bonchev–Trinajstić information content (AvgIpc) is 2.82. The zero-order chi connectivity index (χ0) is 22.4. The number of piperidine rings is 1. The lowest BCUT2D eigenvalue weighted by atomic mass is 9.86. The number of para-hydroxylation sites is 2. The van der Waals surface area contributed by atoms with Crippen LogP contribution in [0.1, 0.15) is 44.9 Å². The first kappa shape index (κ1) is 23.0. The fourth-order valence-electron chi connectivity index (χ4n) is 4.50. The Bertz CT molecular complexity index is 810. The molecule has 1 saturated heterocycles. The Hall–Kier alpha value is -2.65. The number of unbranched alkanes of at least 4 members (excludes halogenated alkanes) is 1. The third-order valence-electron chi connectivity index (χ3n) is 6.18. The van der Waals surface area contributed by atoms with Crippen LogP contribution in [0.2, 0.25) is 0 Å². The smallest absolute Gasteiger partial charge is 0.323 e. The predicted molar refractivity (Wildman–Crippen MR) is 114 cm³/mol. The largest absolute Gasteiger partial charge is 0.481 e. The number of carboxylic acid groups (broad SMARTS) is 2. The number of nitrogens with one attached hydrogen (secondary N) is 1. The normalized spacial score (nSPS) is 22.9. The molecule has 2 atom stereocenters. The van der Waals surface area contributed by atoms with Crippen LogP contribution in [0.15, 0.2) is 24.3 Å². The molecule has 9 nitrogen and oxygen atoms in total. The number of anilines is 1. The molecule has 0 bridgehead atoms. The lowest BCUT2D eigenvalue weighted by Crippen LogP contribution is -2.57. The van der Waals surface area contributed by atoms with Gasteiger partial charge in [0.2, 0.25) is 5.91 Å². The molecule has 0 radical (unpaired) electrons. The lowest BCUT2D eigenvalue weighted by molar-refractivity contribution is -0.152. The van der Waals surface area contributed by atoms with Crippen LogP contribution in [0.5, 0.6) is 5.75 Å². The van der Waals surface area contributed by atoms with Crippen molar-refractivity contribution >= 4 is 23.5 Å². The minimum atomic E-state index is -1.76. The fraction of sp³-hybridized carbons (Fsp3) is 0.591. The van der Waals surface area contributed by atoms with E-state index in [1.54, 1.807) is 24.3 Å². The molecule has 0 spiro atoms. The van der Waals surface area contributed by atoms with E-state index in [4.69, 9.17) is 10.5 Å². The second-order valence-corrected chi connectivity index (χ2v) is 8.44. The van der Waals surface area contributed by atoms with Crippen molar-refractivity contribution in [3.05, 3.63) is 24.3 Å². The van der Waals surface area contributed by atoms with E-state index in [-0.39, 0.29) is 17.9 Å². The highest BCUT2D eigenvalue weighted by atomic mass is 16.5. The van der Waals surface area contributed by atoms with Crippen molar-refractivity contribution in [3.8, 4) is 5.75 Å². The van der Waals surface area contributed by atoms with Gasteiger partial charge in [0.05, 0.1) is 12.1 Å². The van der Waals surface area contributed by atoms with E-state index in [1.165, 1.54) is 0 Å². The maximum Gasteiger partial charge on any atom is 0.323 e. The van der Waals surface area contributed by atoms with Gasteiger partial charge in [-0.2, -0.15) is 0 Å². The highest BCUT2D eigenvalue weighted by Gasteiger charge is 2.47. The first-order valence-electron chi connectivity index (χ1n) is 10.8. The number of aliphatic carboxylic acids is 2. The highest BCUT2D eigenvalue weighted by molar-refractivity contribution is 6.00. The summed E-state index contributed by atoms with van der Waals surface area (Å²) in [5, 5.41) is 22.4. The third kappa shape index (κ3) is 5.74. The molecular weight excluding hydrogens is 402 g/mol. The summed E-state index contributed by atoms with van der Waals surface area (Å²) in [4.78, 5) is 37.4. The van der Waals surface area contributed by atoms with E-state index in [0.29, 0.717) is 12.3 Å². The molecule has 0 aliphatic carbocycles. The van der Waals surface area contributed by atoms with Gasteiger partial charge in [0.15, 0.2) is 5.72 Å². The Labute approximate surface area is 181 Å².